The first-order valence-electron chi connectivity index (χ1n) is 14.1. The molecule has 13 heteroatoms. The van der Waals surface area contributed by atoms with Gasteiger partial charge in [-0.1, -0.05) is 41.4 Å². The highest BCUT2D eigenvalue weighted by Gasteiger charge is 2.56. The van der Waals surface area contributed by atoms with Gasteiger partial charge in [0.1, 0.15) is 16.8 Å². The van der Waals surface area contributed by atoms with Gasteiger partial charge in [0, 0.05) is 17.5 Å². The molecule has 3 aromatic rings. The van der Waals surface area contributed by atoms with Gasteiger partial charge in [0.25, 0.3) is 5.91 Å². The van der Waals surface area contributed by atoms with Crippen molar-refractivity contribution in [2.24, 2.45) is 5.92 Å². The highest BCUT2D eigenvalue weighted by Crippen LogP contribution is 2.51. The number of halogens is 3. The third-order valence-electron chi connectivity index (χ3n) is 8.22. The number of hydrogen-bond acceptors (Lipinski definition) is 7. The minimum absolute atomic E-state index is 0.0109. The standard InChI is InChI=1S/C31H33Cl2FN2O6S2/c1-30(2,3)44(40,41)16-23(17-8-9-17)36-26(18-10-11-21(33)22(34)13-18)27(19-6-5-7-20(32)12-19)42-31(4,29(36)39)14-25-35-15-24(43-25)28(37)38/h5-7,10-13,15,17,23,26-27H,8-9,14,16H2,1-4H3,(H,37,38)/t23?,26?,27-,31-/m1/s1. The molecule has 2 unspecified atom stereocenters. The van der Waals surface area contributed by atoms with Crippen molar-refractivity contribution in [3.05, 3.63) is 85.5 Å². The summed E-state index contributed by atoms with van der Waals surface area (Å²) in [6, 6.07) is 9.50. The van der Waals surface area contributed by atoms with Crippen LogP contribution in [-0.4, -0.2) is 57.4 Å². The third kappa shape index (κ3) is 6.53. The molecule has 1 saturated carbocycles. The summed E-state index contributed by atoms with van der Waals surface area (Å²) in [7, 11) is -3.71. The van der Waals surface area contributed by atoms with Crippen LogP contribution in [-0.2, 0) is 25.8 Å². The van der Waals surface area contributed by atoms with Crippen LogP contribution in [0.15, 0.2) is 48.7 Å². The van der Waals surface area contributed by atoms with E-state index in [1.165, 1.54) is 18.3 Å². The highest BCUT2D eigenvalue weighted by atomic mass is 35.5. The van der Waals surface area contributed by atoms with Gasteiger partial charge in [-0.15, -0.1) is 11.3 Å². The number of carbonyl (C=O) groups is 2. The Labute approximate surface area is 270 Å². The van der Waals surface area contributed by atoms with Gasteiger partial charge in [-0.3, -0.25) is 4.79 Å². The van der Waals surface area contributed by atoms with Crippen LogP contribution in [0, 0.1) is 11.7 Å². The molecule has 8 nitrogen and oxygen atoms in total. The topological polar surface area (TPSA) is 114 Å². The van der Waals surface area contributed by atoms with Gasteiger partial charge in [-0.2, -0.15) is 0 Å². The molecule has 1 saturated heterocycles. The molecule has 2 aliphatic rings. The van der Waals surface area contributed by atoms with E-state index in [1.807, 2.05) is 0 Å². The van der Waals surface area contributed by atoms with Crippen LogP contribution < -0.4 is 0 Å². The number of sulfone groups is 1. The molecule has 0 spiro atoms. The van der Waals surface area contributed by atoms with Gasteiger partial charge in [-0.05, 0) is 81.8 Å². The van der Waals surface area contributed by atoms with Crippen LogP contribution >= 0.6 is 34.5 Å². The van der Waals surface area contributed by atoms with E-state index in [0.717, 1.165) is 24.2 Å². The molecule has 1 N–H and O–H groups in total. The average Bonchev–Trinajstić information content (AvgIpc) is 3.67. The maximum absolute atomic E-state index is 15.0. The average molecular weight is 684 g/mol. The Morgan fingerprint density at radius 2 is 1.91 bits per heavy atom. The fourth-order valence-corrected chi connectivity index (χ4v) is 8.16. The normalized spacial score (nSPS) is 23.5. The zero-order chi connectivity index (χ0) is 32.2. The van der Waals surface area contributed by atoms with Crippen molar-refractivity contribution in [3.8, 4) is 0 Å². The quantitative estimate of drug-likeness (QED) is 0.261. The van der Waals surface area contributed by atoms with Crippen molar-refractivity contribution >= 4 is 56.3 Å². The van der Waals surface area contributed by atoms with Gasteiger partial charge in [0.2, 0.25) is 0 Å². The highest BCUT2D eigenvalue weighted by molar-refractivity contribution is 7.92. The van der Waals surface area contributed by atoms with Gasteiger partial charge in [0.05, 0.1) is 32.8 Å². The molecule has 1 aromatic heterocycles. The predicted molar refractivity (Wildman–Crippen MR) is 168 cm³/mol. The maximum atomic E-state index is 15.0. The number of aromatic nitrogens is 1. The van der Waals surface area contributed by atoms with Crippen molar-refractivity contribution in [1.82, 2.24) is 9.88 Å². The second-order valence-electron chi connectivity index (χ2n) is 12.6. The van der Waals surface area contributed by atoms with E-state index >= 15 is 4.39 Å². The Bertz CT molecular complexity index is 1700. The Balaban J connectivity index is 1.71. The largest absolute Gasteiger partial charge is 0.477 e. The lowest BCUT2D eigenvalue weighted by Crippen LogP contribution is -2.62. The minimum atomic E-state index is -3.71. The molecular weight excluding hydrogens is 650 g/mol. The van der Waals surface area contributed by atoms with Crippen molar-refractivity contribution in [2.75, 3.05) is 5.75 Å². The summed E-state index contributed by atoms with van der Waals surface area (Å²) < 4.78 is 48.0. The summed E-state index contributed by atoms with van der Waals surface area (Å²) in [5.74, 6) is -2.72. The second kappa shape index (κ2) is 12.0. The number of ether oxygens (including phenoxy) is 1. The summed E-state index contributed by atoms with van der Waals surface area (Å²) >= 11 is 13.4. The molecule has 2 fully saturated rings. The molecule has 1 aliphatic heterocycles. The van der Waals surface area contributed by atoms with E-state index in [9.17, 15) is 23.1 Å². The lowest BCUT2D eigenvalue weighted by molar-refractivity contribution is -0.202. The fourth-order valence-electron chi connectivity index (χ4n) is 5.56. The Hall–Kier alpha value is -2.57. The number of carboxylic acid groups (broad SMARTS) is 1. The SMILES string of the molecule is CC(C)(C)S(=O)(=O)CC(C1CC1)N1C(=O)[C@@](C)(Cc2ncc(C(=O)O)s2)O[C@H](c2cccc(Cl)c2)C1c1ccc(Cl)c(F)c1. The molecule has 0 bridgehead atoms. The van der Waals surface area contributed by atoms with E-state index in [1.54, 1.807) is 62.9 Å². The number of nitrogens with zero attached hydrogens (tertiary/aromatic N) is 2. The van der Waals surface area contributed by atoms with Crippen molar-refractivity contribution in [2.45, 2.75) is 75.5 Å². The zero-order valence-electron chi connectivity index (χ0n) is 24.6. The molecular formula is C31H33Cl2FN2O6S2. The molecule has 4 atom stereocenters. The van der Waals surface area contributed by atoms with E-state index in [4.69, 9.17) is 27.9 Å². The van der Waals surface area contributed by atoms with Crippen molar-refractivity contribution in [1.29, 1.82) is 0 Å². The molecule has 2 aromatic carbocycles. The number of morpholine rings is 1. The van der Waals surface area contributed by atoms with Crippen LogP contribution in [0.3, 0.4) is 0 Å². The first kappa shape index (κ1) is 32.8. The lowest BCUT2D eigenvalue weighted by Gasteiger charge is -2.52. The third-order valence-corrected chi connectivity index (χ3v) is 12.4. The zero-order valence-corrected chi connectivity index (χ0v) is 27.7. The molecule has 2 heterocycles. The Kier molecular flexibility index (Phi) is 8.94. The smallest absolute Gasteiger partial charge is 0.347 e. The summed E-state index contributed by atoms with van der Waals surface area (Å²) in [6.45, 7) is 6.48. The first-order valence-corrected chi connectivity index (χ1v) is 17.3. The summed E-state index contributed by atoms with van der Waals surface area (Å²) in [5, 5.41) is 10.1. The van der Waals surface area contributed by atoms with Crippen LogP contribution in [0.2, 0.25) is 10.0 Å². The van der Waals surface area contributed by atoms with Gasteiger partial charge in [-0.25, -0.2) is 22.6 Å². The molecule has 0 radical (unpaired) electrons. The van der Waals surface area contributed by atoms with Crippen LogP contribution in [0.4, 0.5) is 4.39 Å². The van der Waals surface area contributed by atoms with E-state index in [-0.39, 0.29) is 28.0 Å². The number of rotatable bonds is 9. The molecule has 1 amide bonds. The Morgan fingerprint density at radius 3 is 2.48 bits per heavy atom. The van der Waals surface area contributed by atoms with Crippen LogP contribution in [0.1, 0.15) is 78.5 Å². The summed E-state index contributed by atoms with van der Waals surface area (Å²) in [6.07, 6.45) is 1.71. The number of thiazole rings is 1. The van der Waals surface area contributed by atoms with E-state index in [0.29, 0.717) is 21.2 Å². The predicted octanol–water partition coefficient (Wildman–Crippen LogP) is 6.92. The molecule has 44 heavy (non-hydrogen) atoms. The monoisotopic (exact) mass is 682 g/mol. The second-order valence-corrected chi connectivity index (χ2v) is 17.3. The molecule has 236 valence electrons. The number of carbonyl (C=O) groups excluding carboxylic acids is 1. The molecule has 5 rings (SSSR count). The van der Waals surface area contributed by atoms with Gasteiger partial charge in [0.15, 0.2) is 15.4 Å². The van der Waals surface area contributed by atoms with Crippen LogP contribution in [0.5, 0.6) is 0 Å². The first-order chi connectivity index (χ1) is 20.5. The van der Waals surface area contributed by atoms with Crippen molar-refractivity contribution < 1.29 is 32.2 Å². The summed E-state index contributed by atoms with van der Waals surface area (Å²) in [4.78, 5) is 32.2. The number of carboxylic acids is 1. The maximum Gasteiger partial charge on any atom is 0.347 e. The minimum Gasteiger partial charge on any atom is -0.477 e. The number of aromatic carboxylic acids is 1. The van der Waals surface area contributed by atoms with Gasteiger partial charge >= 0.3 is 5.97 Å². The van der Waals surface area contributed by atoms with Crippen molar-refractivity contribution in [3.63, 3.8) is 0 Å². The lowest BCUT2D eigenvalue weighted by atomic mass is 9.85. The number of hydrogen-bond donors (Lipinski definition) is 1. The van der Waals surface area contributed by atoms with E-state index < -0.39 is 56.1 Å². The molecule has 1 aliphatic carbocycles. The fraction of sp³-hybridized carbons (Fsp3) is 0.452. The number of amides is 1. The van der Waals surface area contributed by atoms with Crippen LogP contribution in [0.25, 0.3) is 0 Å². The van der Waals surface area contributed by atoms with E-state index in [2.05, 4.69) is 4.98 Å². The number of benzene rings is 2. The van der Waals surface area contributed by atoms with Gasteiger partial charge < -0.3 is 14.7 Å². The Morgan fingerprint density at radius 1 is 1.20 bits per heavy atom. The summed E-state index contributed by atoms with van der Waals surface area (Å²) in [5.41, 5.74) is -0.602.